The van der Waals surface area contributed by atoms with Gasteiger partial charge in [-0.2, -0.15) is 0 Å². The number of benzene rings is 1. The summed E-state index contributed by atoms with van der Waals surface area (Å²) in [4.78, 5) is 19.3. The summed E-state index contributed by atoms with van der Waals surface area (Å²) < 4.78 is 0. The maximum Gasteiger partial charge on any atom is 0.256 e. The summed E-state index contributed by atoms with van der Waals surface area (Å²) in [7, 11) is 1.74. The Bertz CT molecular complexity index is 629. The van der Waals surface area contributed by atoms with Crippen LogP contribution in [0.2, 0.25) is 5.02 Å². The van der Waals surface area contributed by atoms with Gasteiger partial charge in [-0.3, -0.25) is 10.6 Å². The molecule has 7 heteroatoms. The van der Waals surface area contributed by atoms with Crippen LogP contribution in [0, 0.1) is 6.92 Å². The number of halogens is 1. The molecule has 1 aromatic heterocycles. The molecule has 1 aromatic carbocycles. The molecule has 2 rings (SSSR count). The van der Waals surface area contributed by atoms with E-state index in [1.807, 2.05) is 6.92 Å². The number of nitrogens with zero attached hydrogens (tertiary/aromatic N) is 2. The minimum atomic E-state index is -0.145. The molecule has 106 valence electrons. The maximum atomic E-state index is 12.5. The molecule has 1 heterocycles. The van der Waals surface area contributed by atoms with E-state index in [9.17, 15) is 4.79 Å². The molecule has 0 bridgehead atoms. The lowest BCUT2D eigenvalue weighted by Gasteiger charge is -2.18. The number of hydrogen-bond donors (Lipinski definition) is 2. The number of carbonyl (C=O) groups is 1. The highest BCUT2D eigenvalue weighted by atomic mass is 35.5. The molecule has 5 nitrogen and oxygen atoms in total. The van der Waals surface area contributed by atoms with E-state index in [0.29, 0.717) is 22.8 Å². The first-order chi connectivity index (χ1) is 9.52. The molecule has 0 aliphatic rings. The summed E-state index contributed by atoms with van der Waals surface area (Å²) in [6.07, 6.45) is 0. The zero-order valence-electron chi connectivity index (χ0n) is 11.2. The summed E-state index contributed by atoms with van der Waals surface area (Å²) in [6.45, 7) is 2.43. The van der Waals surface area contributed by atoms with Gasteiger partial charge in [-0.25, -0.2) is 4.98 Å². The minimum Gasteiger partial charge on any atom is -0.336 e. The number of aryl methyl sites for hydroxylation is 1. The Morgan fingerprint density at radius 3 is 2.90 bits per heavy atom. The Labute approximate surface area is 126 Å². The zero-order chi connectivity index (χ0) is 14.7. The van der Waals surface area contributed by atoms with Gasteiger partial charge in [0.1, 0.15) is 0 Å². The van der Waals surface area contributed by atoms with E-state index in [4.69, 9.17) is 17.4 Å². The van der Waals surface area contributed by atoms with Crippen molar-refractivity contribution in [3.8, 4) is 0 Å². The fourth-order valence-electron chi connectivity index (χ4n) is 1.79. The molecule has 0 saturated carbocycles. The van der Waals surface area contributed by atoms with Crippen molar-refractivity contribution in [3.63, 3.8) is 0 Å². The van der Waals surface area contributed by atoms with Gasteiger partial charge in [0.25, 0.3) is 5.91 Å². The molecular formula is C13H15ClN4OS. The van der Waals surface area contributed by atoms with Gasteiger partial charge in [0.15, 0.2) is 0 Å². The van der Waals surface area contributed by atoms with E-state index in [1.165, 1.54) is 11.3 Å². The van der Waals surface area contributed by atoms with Crippen LogP contribution in [-0.4, -0.2) is 22.8 Å². The molecule has 20 heavy (non-hydrogen) atoms. The van der Waals surface area contributed by atoms with Crippen LogP contribution in [0.5, 0.6) is 0 Å². The number of thiazole rings is 1. The quantitative estimate of drug-likeness (QED) is 0.673. The lowest BCUT2D eigenvalue weighted by molar-refractivity contribution is 0.0787. The molecule has 0 spiro atoms. The highest BCUT2D eigenvalue weighted by Gasteiger charge is 2.17. The molecule has 0 unspecified atom stereocenters. The van der Waals surface area contributed by atoms with E-state index in [0.717, 1.165) is 10.6 Å². The Hall–Kier alpha value is -1.63. The van der Waals surface area contributed by atoms with Gasteiger partial charge in [0, 0.05) is 16.9 Å². The first-order valence-corrected chi connectivity index (χ1v) is 7.19. The van der Waals surface area contributed by atoms with Gasteiger partial charge in [0.05, 0.1) is 29.0 Å². The first-order valence-electron chi connectivity index (χ1n) is 5.93. The van der Waals surface area contributed by atoms with Gasteiger partial charge in [-0.1, -0.05) is 11.6 Å². The van der Waals surface area contributed by atoms with Crippen molar-refractivity contribution in [2.24, 2.45) is 5.84 Å². The molecule has 0 saturated heterocycles. The zero-order valence-corrected chi connectivity index (χ0v) is 12.8. The third-order valence-corrected chi connectivity index (χ3v) is 4.09. The summed E-state index contributed by atoms with van der Waals surface area (Å²) in [5.74, 6) is 5.28. The van der Waals surface area contributed by atoms with Gasteiger partial charge >= 0.3 is 0 Å². The number of amides is 1. The van der Waals surface area contributed by atoms with Gasteiger partial charge in [-0.05, 0) is 25.1 Å². The summed E-state index contributed by atoms with van der Waals surface area (Å²) in [5.41, 5.74) is 6.23. The van der Waals surface area contributed by atoms with E-state index >= 15 is 0 Å². The second kappa shape index (κ2) is 6.21. The second-order valence-electron chi connectivity index (χ2n) is 4.36. The van der Waals surface area contributed by atoms with Gasteiger partial charge in [0.2, 0.25) is 0 Å². The van der Waals surface area contributed by atoms with Crippen LogP contribution in [0.3, 0.4) is 0 Å². The monoisotopic (exact) mass is 310 g/mol. The van der Waals surface area contributed by atoms with Crippen molar-refractivity contribution in [2.75, 3.05) is 12.5 Å². The molecule has 1 amide bonds. The first kappa shape index (κ1) is 14.8. The van der Waals surface area contributed by atoms with Crippen LogP contribution >= 0.6 is 22.9 Å². The molecule has 0 radical (unpaired) electrons. The van der Waals surface area contributed by atoms with Crippen LogP contribution in [0.4, 0.5) is 5.69 Å². The largest absolute Gasteiger partial charge is 0.336 e. The predicted molar refractivity (Wildman–Crippen MR) is 81.9 cm³/mol. The Morgan fingerprint density at radius 2 is 2.30 bits per heavy atom. The number of anilines is 1. The number of aromatic nitrogens is 1. The fraction of sp³-hybridized carbons (Fsp3) is 0.231. The fourth-order valence-corrected chi connectivity index (χ4v) is 2.79. The van der Waals surface area contributed by atoms with Crippen LogP contribution < -0.4 is 11.3 Å². The van der Waals surface area contributed by atoms with Crippen molar-refractivity contribution < 1.29 is 4.79 Å². The van der Waals surface area contributed by atoms with E-state index < -0.39 is 0 Å². The standard InChI is InChI=1S/C13H15ClN4OS/c1-8-12(20-7-16-8)6-18(2)13(19)10-5-9(14)3-4-11(10)17-15/h3-5,7,17H,6,15H2,1-2H3. The number of carbonyl (C=O) groups excluding carboxylic acids is 1. The predicted octanol–water partition coefficient (Wildman–Crippen LogP) is 2.66. The Balaban J connectivity index is 2.22. The van der Waals surface area contributed by atoms with E-state index in [1.54, 1.807) is 35.7 Å². The smallest absolute Gasteiger partial charge is 0.256 e. The number of hydrazine groups is 1. The van der Waals surface area contributed by atoms with Gasteiger partial charge < -0.3 is 10.3 Å². The number of nitrogens with two attached hydrogens (primary N) is 1. The molecule has 0 aliphatic heterocycles. The number of nitrogens with one attached hydrogen (secondary N) is 1. The average Bonchev–Trinajstić information content (AvgIpc) is 2.83. The van der Waals surface area contributed by atoms with Crippen LogP contribution in [0.1, 0.15) is 20.9 Å². The van der Waals surface area contributed by atoms with Crippen molar-refractivity contribution >= 4 is 34.5 Å². The highest BCUT2D eigenvalue weighted by molar-refractivity contribution is 7.09. The topological polar surface area (TPSA) is 71.2 Å². The van der Waals surface area contributed by atoms with Crippen molar-refractivity contribution in [1.29, 1.82) is 0 Å². The Morgan fingerprint density at radius 1 is 1.55 bits per heavy atom. The third-order valence-electron chi connectivity index (χ3n) is 2.94. The van der Waals surface area contributed by atoms with Crippen LogP contribution in [-0.2, 0) is 6.54 Å². The normalized spacial score (nSPS) is 10.4. The summed E-state index contributed by atoms with van der Waals surface area (Å²) in [6, 6.07) is 4.97. The number of rotatable bonds is 4. The lowest BCUT2D eigenvalue weighted by atomic mass is 10.1. The second-order valence-corrected chi connectivity index (χ2v) is 5.73. The summed E-state index contributed by atoms with van der Waals surface area (Å²) >= 11 is 7.48. The molecule has 2 aromatic rings. The van der Waals surface area contributed by atoms with E-state index in [2.05, 4.69) is 10.4 Å². The maximum absolute atomic E-state index is 12.5. The van der Waals surface area contributed by atoms with Crippen LogP contribution in [0.15, 0.2) is 23.7 Å². The number of hydrogen-bond acceptors (Lipinski definition) is 5. The van der Waals surface area contributed by atoms with Gasteiger partial charge in [-0.15, -0.1) is 11.3 Å². The molecule has 0 fully saturated rings. The minimum absolute atomic E-state index is 0.145. The van der Waals surface area contributed by atoms with Crippen LogP contribution in [0.25, 0.3) is 0 Å². The summed E-state index contributed by atoms with van der Waals surface area (Å²) in [5, 5.41) is 0.495. The van der Waals surface area contributed by atoms with Crippen molar-refractivity contribution in [1.82, 2.24) is 9.88 Å². The molecular weight excluding hydrogens is 296 g/mol. The average molecular weight is 311 g/mol. The molecule has 0 atom stereocenters. The molecule has 3 N–H and O–H groups in total. The lowest BCUT2D eigenvalue weighted by Crippen LogP contribution is -2.27. The number of nitrogen functional groups attached to an aromatic ring is 1. The Kier molecular flexibility index (Phi) is 4.59. The third kappa shape index (κ3) is 3.09. The SMILES string of the molecule is Cc1ncsc1CN(C)C(=O)c1cc(Cl)ccc1NN. The molecule has 0 aliphatic carbocycles. The van der Waals surface area contributed by atoms with Crippen molar-refractivity contribution in [2.45, 2.75) is 13.5 Å². The van der Waals surface area contributed by atoms with E-state index in [-0.39, 0.29) is 5.91 Å². The highest BCUT2D eigenvalue weighted by Crippen LogP contribution is 2.22. The van der Waals surface area contributed by atoms with Crippen molar-refractivity contribution in [3.05, 3.63) is 44.9 Å².